The Hall–Kier alpha value is -1.73. The minimum atomic E-state index is -5.04. The first kappa shape index (κ1) is 16.3. The third kappa shape index (κ3) is 3.88. The van der Waals surface area contributed by atoms with Crippen LogP contribution in [0.15, 0.2) is 18.2 Å². The summed E-state index contributed by atoms with van der Waals surface area (Å²) in [7, 11) is 0. The fourth-order valence-corrected chi connectivity index (χ4v) is 1.49. The van der Waals surface area contributed by atoms with Crippen molar-refractivity contribution in [1.29, 1.82) is 0 Å². The van der Waals surface area contributed by atoms with Crippen molar-refractivity contribution in [2.75, 3.05) is 6.54 Å². The molecule has 0 aliphatic rings. The van der Waals surface area contributed by atoms with Gasteiger partial charge in [0.15, 0.2) is 0 Å². The van der Waals surface area contributed by atoms with Crippen LogP contribution in [0.5, 0.6) is 0 Å². The zero-order valence-corrected chi connectivity index (χ0v) is 10.3. The van der Waals surface area contributed by atoms with E-state index >= 15 is 0 Å². The SMILES string of the molecule is CCCNC(=O)c1ccc(C(F)(F)F)cc1C(F)(F)F. The van der Waals surface area contributed by atoms with E-state index in [0.717, 1.165) is 0 Å². The molecule has 0 fully saturated rings. The quantitative estimate of drug-likeness (QED) is 0.844. The van der Waals surface area contributed by atoms with Gasteiger partial charge in [-0.25, -0.2) is 0 Å². The van der Waals surface area contributed by atoms with Gasteiger partial charge in [-0.1, -0.05) is 6.92 Å². The number of hydrogen-bond donors (Lipinski definition) is 1. The highest BCUT2D eigenvalue weighted by atomic mass is 19.4. The first-order valence-corrected chi connectivity index (χ1v) is 5.64. The molecule has 0 radical (unpaired) electrons. The standard InChI is InChI=1S/C12H11F6NO/c1-2-5-19-10(20)8-4-3-7(11(13,14)15)6-9(8)12(16,17)18/h3-4,6H,2,5H2,1H3,(H,19,20). The molecule has 0 aromatic heterocycles. The molecule has 0 aliphatic heterocycles. The largest absolute Gasteiger partial charge is 0.417 e. The normalized spacial score (nSPS) is 12.3. The Bertz CT molecular complexity index is 492. The van der Waals surface area contributed by atoms with Crippen LogP contribution >= 0.6 is 0 Å². The van der Waals surface area contributed by atoms with Crippen molar-refractivity contribution >= 4 is 5.91 Å². The minimum Gasteiger partial charge on any atom is -0.352 e. The summed E-state index contributed by atoms with van der Waals surface area (Å²) in [4.78, 5) is 11.5. The molecule has 0 spiro atoms. The number of benzene rings is 1. The number of rotatable bonds is 3. The maximum Gasteiger partial charge on any atom is 0.417 e. The Morgan fingerprint density at radius 1 is 1.10 bits per heavy atom. The molecule has 0 unspecified atom stereocenters. The molecular formula is C12H11F6NO. The number of nitrogens with one attached hydrogen (secondary N) is 1. The van der Waals surface area contributed by atoms with Gasteiger partial charge < -0.3 is 5.32 Å². The summed E-state index contributed by atoms with van der Waals surface area (Å²) in [5.41, 5.74) is -3.86. The maximum absolute atomic E-state index is 12.8. The molecule has 0 saturated heterocycles. The molecule has 0 atom stereocenters. The van der Waals surface area contributed by atoms with Gasteiger partial charge in [0.25, 0.3) is 5.91 Å². The highest BCUT2D eigenvalue weighted by Crippen LogP contribution is 2.37. The Morgan fingerprint density at radius 3 is 2.15 bits per heavy atom. The van der Waals surface area contributed by atoms with Gasteiger partial charge in [-0.05, 0) is 24.6 Å². The number of halogens is 6. The van der Waals surface area contributed by atoms with E-state index in [1.165, 1.54) is 0 Å². The Labute approximate surface area is 110 Å². The number of carbonyl (C=O) groups is 1. The average molecular weight is 299 g/mol. The van der Waals surface area contributed by atoms with Crippen LogP contribution in [0, 0.1) is 0 Å². The van der Waals surface area contributed by atoms with Gasteiger partial charge in [0.2, 0.25) is 0 Å². The molecule has 1 aromatic carbocycles. The first-order valence-electron chi connectivity index (χ1n) is 5.64. The minimum absolute atomic E-state index is 0.0547. The molecule has 2 nitrogen and oxygen atoms in total. The van der Waals surface area contributed by atoms with Crippen molar-refractivity contribution < 1.29 is 31.1 Å². The van der Waals surface area contributed by atoms with E-state index in [9.17, 15) is 31.1 Å². The fraction of sp³-hybridized carbons (Fsp3) is 0.417. The highest BCUT2D eigenvalue weighted by Gasteiger charge is 2.39. The first-order chi connectivity index (χ1) is 9.07. The van der Waals surface area contributed by atoms with Crippen LogP contribution in [0.3, 0.4) is 0 Å². The summed E-state index contributed by atoms with van der Waals surface area (Å²) >= 11 is 0. The van der Waals surface area contributed by atoms with Gasteiger partial charge in [-0.3, -0.25) is 4.79 Å². The number of alkyl halides is 6. The van der Waals surface area contributed by atoms with Crippen LogP contribution in [0.4, 0.5) is 26.3 Å². The Balaban J connectivity index is 3.28. The predicted molar refractivity (Wildman–Crippen MR) is 59.1 cm³/mol. The van der Waals surface area contributed by atoms with E-state index < -0.39 is 35.0 Å². The van der Waals surface area contributed by atoms with Crippen LogP contribution in [0.25, 0.3) is 0 Å². The zero-order valence-electron chi connectivity index (χ0n) is 10.3. The smallest absolute Gasteiger partial charge is 0.352 e. The third-order valence-electron chi connectivity index (χ3n) is 2.43. The lowest BCUT2D eigenvalue weighted by molar-refractivity contribution is -0.143. The Morgan fingerprint density at radius 2 is 1.70 bits per heavy atom. The van der Waals surface area contributed by atoms with Gasteiger partial charge >= 0.3 is 12.4 Å². The topological polar surface area (TPSA) is 29.1 Å². The van der Waals surface area contributed by atoms with Crippen molar-refractivity contribution in [2.24, 2.45) is 0 Å². The van der Waals surface area contributed by atoms with Crippen LogP contribution in [0.1, 0.15) is 34.8 Å². The van der Waals surface area contributed by atoms with Crippen molar-refractivity contribution in [3.63, 3.8) is 0 Å². The second-order valence-electron chi connectivity index (χ2n) is 4.01. The molecule has 0 aliphatic carbocycles. The Kier molecular flexibility index (Phi) is 4.67. The third-order valence-corrected chi connectivity index (χ3v) is 2.43. The van der Waals surface area contributed by atoms with E-state index in [4.69, 9.17) is 0 Å². The molecule has 1 rings (SSSR count). The number of amides is 1. The second kappa shape index (κ2) is 5.72. The molecule has 1 aromatic rings. The molecule has 0 heterocycles. The van der Waals surface area contributed by atoms with E-state index in [0.29, 0.717) is 18.6 Å². The van der Waals surface area contributed by atoms with Gasteiger partial charge in [-0.15, -0.1) is 0 Å². The second-order valence-corrected chi connectivity index (χ2v) is 4.01. The summed E-state index contributed by atoms with van der Waals surface area (Å²) in [5.74, 6) is -1.05. The molecule has 0 bridgehead atoms. The van der Waals surface area contributed by atoms with Crippen LogP contribution < -0.4 is 5.32 Å². The summed E-state index contributed by atoms with van der Waals surface area (Å²) in [5, 5.41) is 2.20. The van der Waals surface area contributed by atoms with Crippen LogP contribution in [-0.4, -0.2) is 12.5 Å². The van der Waals surface area contributed by atoms with Crippen molar-refractivity contribution in [1.82, 2.24) is 5.32 Å². The number of carbonyl (C=O) groups excluding carboxylic acids is 1. The fourth-order valence-electron chi connectivity index (χ4n) is 1.49. The lowest BCUT2D eigenvalue weighted by atomic mass is 10.0. The molecule has 8 heteroatoms. The summed E-state index contributed by atoms with van der Waals surface area (Å²) in [6, 6.07) is 0.938. The lowest BCUT2D eigenvalue weighted by Gasteiger charge is -2.15. The molecule has 1 amide bonds. The van der Waals surface area contributed by atoms with Crippen LogP contribution in [0.2, 0.25) is 0 Å². The van der Waals surface area contributed by atoms with Gasteiger partial charge in [0.1, 0.15) is 0 Å². The zero-order chi connectivity index (χ0) is 15.6. The molecular weight excluding hydrogens is 288 g/mol. The maximum atomic E-state index is 12.8. The average Bonchev–Trinajstić information content (AvgIpc) is 2.33. The molecule has 112 valence electrons. The summed E-state index contributed by atoms with van der Waals surface area (Å²) in [6.07, 6.45) is -9.45. The monoisotopic (exact) mass is 299 g/mol. The lowest BCUT2D eigenvalue weighted by Crippen LogP contribution is -2.27. The van der Waals surface area contributed by atoms with Gasteiger partial charge in [0.05, 0.1) is 16.7 Å². The highest BCUT2D eigenvalue weighted by molar-refractivity contribution is 5.96. The molecule has 1 N–H and O–H groups in total. The van der Waals surface area contributed by atoms with Crippen molar-refractivity contribution in [2.45, 2.75) is 25.7 Å². The van der Waals surface area contributed by atoms with E-state index in [1.807, 2.05) is 0 Å². The van der Waals surface area contributed by atoms with Crippen molar-refractivity contribution in [3.05, 3.63) is 34.9 Å². The predicted octanol–water partition coefficient (Wildman–Crippen LogP) is 3.86. The summed E-state index contributed by atoms with van der Waals surface area (Å²) < 4.78 is 75.5. The molecule has 0 saturated carbocycles. The van der Waals surface area contributed by atoms with E-state index in [1.54, 1.807) is 6.92 Å². The van der Waals surface area contributed by atoms with Crippen LogP contribution in [-0.2, 0) is 12.4 Å². The van der Waals surface area contributed by atoms with Gasteiger partial charge in [-0.2, -0.15) is 26.3 Å². The summed E-state index contributed by atoms with van der Waals surface area (Å²) in [6.45, 7) is 1.83. The number of hydrogen-bond acceptors (Lipinski definition) is 1. The molecule has 20 heavy (non-hydrogen) atoms. The van der Waals surface area contributed by atoms with E-state index in [-0.39, 0.29) is 12.6 Å². The van der Waals surface area contributed by atoms with Gasteiger partial charge in [0, 0.05) is 6.54 Å². The van der Waals surface area contributed by atoms with Crippen molar-refractivity contribution in [3.8, 4) is 0 Å². The van der Waals surface area contributed by atoms with E-state index in [2.05, 4.69) is 5.32 Å².